The molecule has 7 nitrogen and oxygen atoms in total. The average molecular weight is 406 g/mol. The number of halogens is 3. The van der Waals surface area contributed by atoms with E-state index in [4.69, 9.17) is 4.74 Å². The highest BCUT2D eigenvalue weighted by Crippen LogP contribution is 2.40. The fourth-order valence-electron chi connectivity index (χ4n) is 2.35. The highest BCUT2D eigenvalue weighted by molar-refractivity contribution is 7.90. The van der Waals surface area contributed by atoms with Crippen molar-refractivity contribution in [3.8, 4) is 22.8 Å². The Morgan fingerprint density at radius 3 is 2.44 bits per heavy atom. The van der Waals surface area contributed by atoms with Crippen molar-refractivity contribution in [1.29, 1.82) is 0 Å². The fourth-order valence-corrected chi connectivity index (χ4v) is 3.26. The monoisotopic (exact) mass is 406 g/mol. The maximum atomic E-state index is 13.0. The molecule has 1 aromatic heterocycles. The molecule has 0 aliphatic carbocycles. The first-order chi connectivity index (χ1) is 12.4. The van der Waals surface area contributed by atoms with Crippen molar-refractivity contribution < 1.29 is 31.4 Å². The Labute approximate surface area is 152 Å². The van der Waals surface area contributed by atoms with Gasteiger partial charge in [0.2, 0.25) is 5.88 Å². The van der Waals surface area contributed by atoms with E-state index >= 15 is 0 Å². The van der Waals surface area contributed by atoms with Crippen LogP contribution in [0.5, 0.6) is 11.6 Å². The largest absolute Gasteiger partial charge is 0.502 e. The summed E-state index contributed by atoms with van der Waals surface area (Å²) in [6, 6.07) is 1.98. The molecule has 1 N–H and O–H groups in total. The van der Waals surface area contributed by atoms with Gasteiger partial charge in [-0.2, -0.15) is 13.2 Å². The van der Waals surface area contributed by atoms with Crippen molar-refractivity contribution in [2.45, 2.75) is 24.4 Å². The van der Waals surface area contributed by atoms with Crippen molar-refractivity contribution in [2.75, 3.05) is 12.9 Å². The van der Waals surface area contributed by atoms with Gasteiger partial charge in [0.1, 0.15) is 0 Å². The van der Waals surface area contributed by atoms with Gasteiger partial charge in [-0.3, -0.25) is 4.79 Å². The zero-order valence-corrected chi connectivity index (χ0v) is 15.5. The van der Waals surface area contributed by atoms with E-state index in [0.717, 1.165) is 17.0 Å². The number of rotatable bonds is 5. The smallest absolute Gasteiger partial charge is 0.416 e. The highest BCUT2D eigenvalue weighted by atomic mass is 32.2. The fraction of sp³-hybridized carbons (Fsp3) is 0.375. The molecule has 0 saturated heterocycles. The predicted octanol–water partition coefficient (Wildman–Crippen LogP) is 2.36. The molecule has 1 heterocycles. The standard InChI is InChI=1S/C16H17F3N2O5S/c1-4-7-26-14-12(13(22)15(23)21(2)20-14)10-6-5-9(16(17,18)19)8-11(10)27(3,24)25/h5-6,8,22H,4,7H2,1-3H3. The first kappa shape index (κ1) is 20.7. The summed E-state index contributed by atoms with van der Waals surface area (Å²) in [7, 11) is -2.90. The van der Waals surface area contributed by atoms with Crippen molar-refractivity contribution in [1.82, 2.24) is 9.78 Å². The Morgan fingerprint density at radius 2 is 1.93 bits per heavy atom. The van der Waals surface area contributed by atoms with Crippen molar-refractivity contribution in [2.24, 2.45) is 7.05 Å². The number of hydrogen-bond acceptors (Lipinski definition) is 6. The zero-order valence-electron chi connectivity index (χ0n) is 14.7. The van der Waals surface area contributed by atoms with Crippen LogP contribution in [-0.4, -0.2) is 36.2 Å². The lowest BCUT2D eigenvalue weighted by Crippen LogP contribution is -2.21. The van der Waals surface area contributed by atoms with Gasteiger partial charge in [-0.1, -0.05) is 13.0 Å². The minimum atomic E-state index is -4.77. The van der Waals surface area contributed by atoms with E-state index in [1.165, 1.54) is 7.05 Å². The van der Waals surface area contributed by atoms with Crippen LogP contribution < -0.4 is 10.3 Å². The Balaban J connectivity index is 2.89. The molecule has 1 aromatic carbocycles. The van der Waals surface area contributed by atoms with Gasteiger partial charge in [-0.05, 0) is 18.6 Å². The SMILES string of the molecule is CCCOc1nn(C)c(=O)c(O)c1-c1ccc(C(F)(F)F)cc1S(C)(=O)=O. The number of benzene rings is 1. The third-order valence-corrected chi connectivity index (χ3v) is 4.75. The molecule has 0 fully saturated rings. The van der Waals surface area contributed by atoms with Gasteiger partial charge >= 0.3 is 11.7 Å². The maximum absolute atomic E-state index is 13.0. The number of sulfone groups is 1. The second kappa shape index (κ2) is 7.22. The molecule has 0 atom stereocenters. The van der Waals surface area contributed by atoms with Crippen LogP contribution in [0, 0.1) is 0 Å². The molecular weight excluding hydrogens is 389 g/mol. The third-order valence-electron chi connectivity index (χ3n) is 3.61. The molecule has 0 aliphatic rings. The second-order valence-electron chi connectivity index (χ2n) is 5.79. The molecule has 0 bridgehead atoms. The van der Waals surface area contributed by atoms with Gasteiger partial charge in [0.05, 0.1) is 22.6 Å². The lowest BCUT2D eigenvalue weighted by Gasteiger charge is -2.16. The number of alkyl halides is 3. The molecule has 0 amide bonds. The number of nitrogens with zero attached hydrogens (tertiary/aromatic N) is 2. The van der Waals surface area contributed by atoms with Gasteiger partial charge in [-0.15, -0.1) is 5.10 Å². The molecule has 0 radical (unpaired) electrons. The Morgan fingerprint density at radius 1 is 1.30 bits per heavy atom. The molecule has 11 heteroatoms. The van der Waals surface area contributed by atoms with Gasteiger partial charge in [-0.25, -0.2) is 13.1 Å². The Bertz CT molecular complexity index is 1030. The molecule has 2 aromatic rings. The molecule has 0 unspecified atom stereocenters. The molecule has 0 saturated carbocycles. The van der Waals surface area contributed by atoms with Crippen molar-refractivity contribution >= 4 is 9.84 Å². The summed E-state index contributed by atoms with van der Waals surface area (Å²) in [5.41, 5.74) is -2.81. The minimum Gasteiger partial charge on any atom is -0.502 e. The molecule has 0 spiro atoms. The average Bonchev–Trinajstić information content (AvgIpc) is 2.56. The Kier molecular flexibility index (Phi) is 5.55. The summed E-state index contributed by atoms with van der Waals surface area (Å²) in [4.78, 5) is 11.3. The van der Waals surface area contributed by atoms with E-state index < -0.39 is 37.8 Å². The number of aromatic hydroxyl groups is 1. The first-order valence-electron chi connectivity index (χ1n) is 7.72. The quantitative estimate of drug-likeness (QED) is 0.819. The number of hydrogen-bond donors (Lipinski definition) is 1. The van der Waals surface area contributed by atoms with Crippen LogP contribution in [0.2, 0.25) is 0 Å². The summed E-state index contributed by atoms with van der Waals surface area (Å²) in [5, 5.41) is 14.1. The van der Waals surface area contributed by atoms with Gasteiger partial charge in [0, 0.05) is 18.9 Å². The van der Waals surface area contributed by atoms with Crippen LogP contribution in [0.15, 0.2) is 27.9 Å². The molecule has 148 valence electrons. The summed E-state index contributed by atoms with van der Waals surface area (Å²) in [6.45, 7) is 1.91. The van der Waals surface area contributed by atoms with Crippen LogP contribution in [0.1, 0.15) is 18.9 Å². The van der Waals surface area contributed by atoms with Crippen molar-refractivity contribution in [3.63, 3.8) is 0 Å². The summed E-state index contributed by atoms with van der Waals surface area (Å²) in [5.74, 6) is -1.13. The summed E-state index contributed by atoms with van der Waals surface area (Å²) in [6.07, 6.45) is -3.51. The molecule has 2 rings (SSSR count). The Hall–Kier alpha value is -2.56. The van der Waals surface area contributed by atoms with E-state index in [0.29, 0.717) is 18.6 Å². The third kappa shape index (κ3) is 4.24. The minimum absolute atomic E-state index is 0.131. The molecular formula is C16H17F3N2O5S. The molecule has 27 heavy (non-hydrogen) atoms. The zero-order chi connectivity index (χ0) is 20.6. The van der Waals surface area contributed by atoms with E-state index in [1.54, 1.807) is 6.92 Å². The maximum Gasteiger partial charge on any atom is 0.416 e. The van der Waals surface area contributed by atoms with Crippen molar-refractivity contribution in [3.05, 3.63) is 34.1 Å². The van der Waals surface area contributed by atoms with Crippen LogP contribution in [-0.2, 0) is 23.1 Å². The van der Waals surface area contributed by atoms with E-state index in [2.05, 4.69) is 5.10 Å². The lowest BCUT2D eigenvalue weighted by molar-refractivity contribution is -0.137. The lowest BCUT2D eigenvalue weighted by atomic mass is 10.0. The predicted molar refractivity (Wildman–Crippen MR) is 90.5 cm³/mol. The van der Waals surface area contributed by atoms with Gasteiger partial charge in [0.15, 0.2) is 15.6 Å². The highest BCUT2D eigenvalue weighted by Gasteiger charge is 2.33. The normalized spacial score (nSPS) is 12.2. The van der Waals surface area contributed by atoms with E-state index in [9.17, 15) is 31.5 Å². The second-order valence-corrected chi connectivity index (χ2v) is 7.77. The first-order valence-corrected chi connectivity index (χ1v) is 9.61. The van der Waals surface area contributed by atoms with Gasteiger partial charge < -0.3 is 9.84 Å². The number of aromatic nitrogens is 2. The van der Waals surface area contributed by atoms with Crippen LogP contribution in [0.3, 0.4) is 0 Å². The summed E-state index contributed by atoms with van der Waals surface area (Å²) >= 11 is 0. The van der Waals surface area contributed by atoms with Gasteiger partial charge in [0.25, 0.3) is 0 Å². The number of aryl methyl sites for hydroxylation is 1. The summed E-state index contributed by atoms with van der Waals surface area (Å²) < 4.78 is 69.4. The topological polar surface area (TPSA) is 98.5 Å². The van der Waals surface area contributed by atoms with E-state index in [1.807, 2.05) is 0 Å². The molecule has 0 aliphatic heterocycles. The van der Waals surface area contributed by atoms with Crippen LogP contribution in [0.4, 0.5) is 13.2 Å². The van der Waals surface area contributed by atoms with Crippen LogP contribution >= 0.6 is 0 Å². The van der Waals surface area contributed by atoms with E-state index in [-0.39, 0.29) is 23.6 Å². The number of ether oxygens (including phenoxy) is 1. The van der Waals surface area contributed by atoms with Crippen LogP contribution in [0.25, 0.3) is 11.1 Å².